The fourth-order valence-electron chi connectivity index (χ4n) is 2.91. The van der Waals surface area contributed by atoms with E-state index in [-0.39, 0.29) is 17.9 Å². The Labute approximate surface area is 135 Å². The molecular weight excluding hydrogens is 292 g/mol. The van der Waals surface area contributed by atoms with Gasteiger partial charge in [0.1, 0.15) is 0 Å². The van der Waals surface area contributed by atoms with Gasteiger partial charge in [0.05, 0.1) is 12.6 Å². The molecule has 1 amide bonds. The summed E-state index contributed by atoms with van der Waals surface area (Å²) in [6.45, 7) is 5.23. The van der Waals surface area contributed by atoms with Crippen LogP contribution >= 0.6 is 0 Å². The molecule has 1 aromatic heterocycles. The van der Waals surface area contributed by atoms with E-state index in [4.69, 9.17) is 4.52 Å². The molecule has 3 rings (SSSR count). The maximum atomic E-state index is 12.3. The molecule has 122 valence electrons. The third-order valence-electron chi connectivity index (χ3n) is 4.23. The van der Waals surface area contributed by atoms with Crippen molar-refractivity contribution < 1.29 is 9.32 Å². The number of carbonyl (C=O) groups is 1. The number of hydrogen-bond donors (Lipinski definition) is 1. The molecule has 1 aromatic carbocycles. The lowest BCUT2D eigenvalue weighted by atomic mass is 9.93. The monoisotopic (exact) mass is 314 g/mol. The molecular formula is C17H22N4O2. The van der Waals surface area contributed by atoms with Gasteiger partial charge in [-0.2, -0.15) is 4.98 Å². The van der Waals surface area contributed by atoms with Crippen LogP contribution in [-0.4, -0.2) is 34.0 Å². The largest absolute Gasteiger partial charge is 0.358 e. The van der Waals surface area contributed by atoms with Crippen molar-refractivity contribution in [1.29, 1.82) is 0 Å². The fraction of sp³-hybridized carbons (Fsp3) is 0.471. The highest BCUT2D eigenvalue weighted by atomic mass is 16.5. The Kier molecular flexibility index (Phi) is 4.43. The minimum absolute atomic E-state index is 0.0168. The molecule has 0 saturated carbocycles. The van der Waals surface area contributed by atoms with Crippen molar-refractivity contribution in [3.8, 4) is 0 Å². The van der Waals surface area contributed by atoms with E-state index in [1.807, 2.05) is 26.0 Å². The van der Waals surface area contributed by atoms with Crippen LogP contribution in [0.4, 0.5) is 0 Å². The molecule has 6 nitrogen and oxygen atoms in total. The maximum absolute atomic E-state index is 12.3. The van der Waals surface area contributed by atoms with Gasteiger partial charge in [-0.1, -0.05) is 43.3 Å². The first-order valence-electron chi connectivity index (χ1n) is 7.93. The predicted octanol–water partition coefficient (Wildman–Crippen LogP) is 1.87. The van der Waals surface area contributed by atoms with Crippen LogP contribution in [0.15, 0.2) is 28.8 Å². The molecule has 2 aromatic rings. The Hall–Kier alpha value is -2.21. The number of benzene rings is 1. The van der Waals surface area contributed by atoms with Crippen LogP contribution < -0.4 is 5.32 Å². The van der Waals surface area contributed by atoms with Crippen molar-refractivity contribution in [3.63, 3.8) is 0 Å². The van der Waals surface area contributed by atoms with E-state index >= 15 is 0 Å². The molecule has 0 aliphatic carbocycles. The average Bonchev–Trinajstić information content (AvgIpc) is 3.02. The number of nitrogens with one attached hydrogen (secondary N) is 1. The van der Waals surface area contributed by atoms with Crippen molar-refractivity contribution >= 4 is 5.91 Å². The number of likely N-dealkylation sites (N-methyl/N-ethyl adjacent to an activating group) is 1. The normalized spacial score (nSPS) is 18.0. The second-order valence-corrected chi connectivity index (χ2v) is 6.21. The number of carbonyl (C=O) groups excluding carboxylic acids is 1. The van der Waals surface area contributed by atoms with Crippen LogP contribution in [0.3, 0.4) is 0 Å². The first kappa shape index (κ1) is 15.7. The molecule has 0 radical (unpaired) electrons. The molecule has 1 N–H and O–H groups in total. The highest BCUT2D eigenvalue weighted by molar-refractivity contribution is 5.82. The zero-order valence-corrected chi connectivity index (χ0v) is 13.7. The lowest BCUT2D eigenvalue weighted by Gasteiger charge is -2.34. The van der Waals surface area contributed by atoms with Crippen molar-refractivity contribution in [2.45, 2.75) is 45.3 Å². The minimum atomic E-state index is -0.218. The molecule has 0 spiro atoms. The molecule has 2 heterocycles. The lowest BCUT2D eigenvalue weighted by Crippen LogP contribution is -2.49. The smallest absolute Gasteiger partial charge is 0.240 e. The third kappa shape index (κ3) is 3.27. The Morgan fingerprint density at radius 1 is 1.39 bits per heavy atom. The van der Waals surface area contributed by atoms with Crippen molar-refractivity contribution in [2.75, 3.05) is 7.05 Å². The van der Waals surface area contributed by atoms with Crippen LogP contribution in [0.2, 0.25) is 0 Å². The minimum Gasteiger partial charge on any atom is -0.358 e. The van der Waals surface area contributed by atoms with E-state index in [1.54, 1.807) is 7.05 Å². The van der Waals surface area contributed by atoms with Gasteiger partial charge in [-0.05, 0) is 17.5 Å². The van der Waals surface area contributed by atoms with Crippen LogP contribution in [0, 0.1) is 0 Å². The topological polar surface area (TPSA) is 71.3 Å². The SMILES string of the molecule is CNC(=O)[C@H]1Cc2ccccc2CN1Cc1nc(C(C)C)no1. The van der Waals surface area contributed by atoms with E-state index in [1.165, 1.54) is 11.1 Å². The molecule has 0 unspecified atom stereocenters. The summed E-state index contributed by atoms with van der Waals surface area (Å²) in [5, 5.41) is 6.76. The van der Waals surface area contributed by atoms with Gasteiger partial charge in [0, 0.05) is 19.5 Å². The standard InChI is InChI=1S/C17H22N4O2/c1-11(2)16-19-15(23-20-16)10-21-9-13-7-5-4-6-12(13)8-14(21)17(22)18-3/h4-7,11,14H,8-10H2,1-3H3,(H,18,22)/t14-/m1/s1. The van der Waals surface area contributed by atoms with Crippen LogP contribution in [0.25, 0.3) is 0 Å². The van der Waals surface area contributed by atoms with Gasteiger partial charge < -0.3 is 9.84 Å². The second kappa shape index (κ2) is 6.50. The van der Waals surface area contributed by atoms with E-state index in [0.717, 1.165) is 0 Å². The zero-order valence-electron chi connectivity index (χ0n) is 13.7. The summed E-state index contributed by atoms with van der Waals surface area (Å²) in [6, 6.07) is 8.02. The molecule has 0 fully saturated rings. The number of hydrogen-bond acceptors (Lipinski definition) is 5. The molecule has 0 saturated heterocycles. The molecule has 1 atom stereocenters. The number of aromatic nitrogens is 2. The van der Waals surface area contributed by atoms with Gasteiger partial charge in [0.25, 0.3) is 0 Å². The highest BCUT2D eigenvalue weighted by Gasteiger charge is 2.32. The molecule has 23 heavy (non-hydrogen) atoms. The van der Waals surface area contributed by atoms with Gasteiger partial charge in [-0.25, -0.2) is 0 Å². The van der Waals surface area contributed by atoms with Gasteiger partial charge in [0.2, 0.25) is 11.8 Å². The predicted molar refractivity (Wildman–Crippen MR) is 85.6 cm³/mol. The fourth-order valence-corrected chi connectivity index (χ4v) is 2.91. The summed E-state index contributed by atoms with van der Waals surface area (Å²) < 4.78 is 5.34. The van der Waals surface area contributed by atoms with Gasteiger partial charge in [-0.3, -0.25) is 9.69 Å². The number of amides is 1. The van der Waals surface area contributed by atoms with Crippen LogP contribution in [0.5, 0.6) is 0 Å². The molecule has 1 aliphatic rings. The van der Waals surface area contributed by atoms with Gasteiger partial charge >= 0.3 is 0 Å². The summed E-state index contributed by atoms with van der Waals surface area (Å²) in [5.41, 5.74) is 2.47. The summed E-state index contributed by atoms with van der Waals surface area (Å²) in [7, 11) is 1.67. The average molecular weight is 314 g/mol. The lowest BCUT2D eigenvalue weighted by molar-refractivity contribution is -0.126. The summed E-state index contributed by atoms with van der Waals surface area (Å²) >= 11 is 0. The Bertz CT molecular complexity index is 695. The van der Waals surface area contributed by atoms with Crippen molar-refractivity contribution in [3.05, 3.63) is 47.1 Å². The number of nitrogens with zero attached hydrogens (tertiary/aromatic N) is 3. The Balaban J connectivity index is 1.83. The van der Waals surface area contributed by atoms with E-state index in [9.17, 15) is 4.79 Å². The van der Waals surface area contributed by atoms with Crippen LogP contribution in [-0.2, 0) is 24.3 Å². The first-order chi connectivity index (χ1) is 11.1. The van der Waals surface area contributed by atoms with E-state index in [2.05, 4.69) is 32.5 Å². The van der Waals surface area contributed by atoms with E-state index in [0.29, 0.717) is 31.2 Å². The second-order valence-electron chi connectivity index (χ2n) is 6.21. The van der Waals surface area contributed by atoms with E-state index < -0.39 is 0 Å². The maximum Gasteiger partial charge on any atom is 0.240 e. The van der Waals surface area contributed by atoms with Crippen LogP contribution in [0.1, 0.15) is 42.6 Å². The highest BCUT2D eigenvalue weighted by Crippen LogP contribution is 2.25. The quantitative estimate of drug-likeness (QED) is 0.933. The molecule has 0 bridgehead atoms. The van der Waals surface area contributed by atoms with Crippen molar-refractivity contribution in [1.82, 2.24) is 20.4 Å². The van der Waals surface area contributed by atoms with Gasteiger partial charge in [-0.15, -0.1) is 0 Å². The summed E-state index contributed by atoms with van der Waals surface area (Å²) in [5.74, 6) is 1.50. The number of fused-ring (bicyclic) bond motifs is 1. The molecule has 1 aliphatic heterocycles. The Morgan fingerprint density at radius 3 is 2.78 bits per heavy atom. The van der Waals surface area contributed by atoms with Crippen molar-refractivity contribution in [2.24, 2.45) is 0 Å². The Morgan fingerprint density at radius 2 is 2.13 bits per heavy atom. The summed E-state index contributed by atoms with van der Waals surface area (Å²) in [4.78, 5) is 18.8. The zero-order chi connectivity index (χ0) is 16.4. The third-order valence-corrected chi connectivity index (χ3v) is 4.23. The first-order valence-corrected chi connectivity index (χ1v) is 7.93. The van der Waals surface area contributed by atoms with Gasteiger partial charge in [0.15, 0.2) is 5.82 Å². The number of rotatable bonds is 4. The summed E-state index contributed by atoms with van der Waals surface area (Å²) in [6.07, 6.45) is 0.695. The molecule has 6 heteroatoms.